The highest BCUT2D eigenvalue weighted by Gasteiger charge is 2.13. The topological polar surface area (TPSA) is 126 Å². The van der Waals surface area contributed by atoms with Crippen molar-refractivity contribution < 1.29 is 9.90 Å². The SMILES string of the molecule is Cc1[nH]n(C(N)=S)c(=O)c1N=Nc1ccccc1C(=O)O. The molecule has 0 fully saturated rings. The highest BCUT2D eigenvalue weighted by atomic mass is 32.1. The number of hydrogen-bond donors (Lipinski definition) is 3. The molecule has 0 saturated carbocycles. The van der Waals surface area contributed by atoms with Gasteiger partial charge < -0.3 is 10.8 Å². The monoisotopic (exact) mass is 305 g/mol. The fourth-order valence-corrected chi connectivity index (χ4v) is 1.78. The number of nitrogens with two attached hydrogens (primary N) is 1. The Morgan fingerprint density at radius 2 is 2.05 bits per heavy atom. The van der Waals surface area contributed by atoms with E-state index in [1.165, 1.54) is 12.1 Å². The van der Waals surface area contributed by atoms with Crippen LogP contribution in [-0.2, 0) is 0 Å². The molecular weight excluding hydrogens is 294 g/mol. The van der Waals surface area contributed by atoms with Gasteiger partial charge in [-0.2, -0.15) is 4.68 Å². The molecule has 4 N–H and O–H groups in total. The molecule has 0 spiro atoms. The first-order valence-electron chi connectivity index (χ1n) is 5.77. The molecule has 8 nitrogen and oxygen atoms in total. The molecule has 2 rings (SSSR count). The Labute approximate surface area is 123 Å². The second kappa shape index (κ2) is 5.67. The fraction of sp³-hybridized carbons (Fsp3) is 0.0833. The lowest BCUT2D eigenvalue weighted by Gasteiger charge is -1.97. The van der Waals surface area contributed by atoms with E-state index in [2.05, 4.69) is 15.3 Å². The third kappa shape index (κ3) is 2.87. The summed E-state index contributed by atoms with van der Waals surface area (Å²) >= 11 is 4.71. The van der Waals surface area contributed by atoms with Crippen LogP contribution in [0.25, 0.3) is 0 Å². The van der Waals surface area contributed by atoms with Gasteiger partial charge in [-0.15, -0.1) is 10.2 Å². The number of nitrogens with one attached hydrogen (secondary N) is 1. The Hall–Kier alpha value is -2.81. The Morgan fingerprint density at radius 1 is 1.38 bits per heavy atom. The maximum Gasteiger partial charge on any atom is 0.337 e. The summed E-state index contributed by atoms with van der Waals surface area (Å²) in [6.07, 6.45) is 0. The van der Waals surface area contributed by atoms with Crippen LogP contribution in [0.5, 0.6) is 0 Å². The maximum atomic E-state index is 12.0. The van der Waals surface area contributed by atoms with E-state index in [0.29, 0.717) is 5.69 Å². The van der Waals surface area contributed by atoms with Crippen LogP contribution in [0.1, 0.15) is 16.1 Å². The van der Waals surface area contributed by atoms with E-state index in [1.807, 2.05) is 0 Å². The number of H-pyrrole nitrogens is 1. The van der Waals surface area contributed by atoms with Gasteiger partial charge in [-0.1, -0.05) is 12.1 Å². The molecule has 1 heterocycles. The van der Waals surface area contributed by atoms with E-state index in [4.69, 9.17) is 23.1 Å². The number of aromatic nitrogens is 2. The lowest BCUT2D eigenvalue weighted by molar-refractivity contribution is 0.0698. The van der Waals surface area contributed by atoms with Crippen molar-refractivity contribution in [3.63, 3.8) is 0 Å². The summed E-state index contributed by atoms with van der Waals surface area (Å²) in [5, 5.41) is 19.2. The van der Waals surface area contributed by atoms with Gasteiger partial charge in [0, 0.05) is 0 Å². The van der Waals surface area contributed by atoms with Crippen molar-refractivity contribution in [1.82, 2.24) is 9.78 Å². The van der Waals surface area contributed by atoms with Crippen molar-refractivity contribution in [2.75, 3.05) is 0 Å². The minimum atomic E-state index is -1.13. The van der Waals surface area contributed by atoms with Crippen molar-refractivity contribution in [2.24, 2.45) is 16.0 Å². The van der Waals surface area contributed by atoms with Crippen molar-refractivity contribution in [2.45, 2.75) is 6.92 Å². The van der Waals surface area contributed by atoms with Gasteiger partial charge >= 0.3 is 11.5 Å². The minimum absolute atomic E-state index is 0.0101. The second-order valence-corrected chi connectivity index (χ2v) is 4.50. The van der Waals surface area contributed by atoms with Gasteiger partial charge in [0.15, 0.2) is 10.8 Å². The predicted octanol–water partition coefficient (Wildman–Crippen LogP) is 1.69. The number of benzene rings is 1. The van der Waals surface area contributed by atoms with Crippen LogP contribution >= 0.6 is 12.2 Å². The largest absolute Gasteiger partial charge is 0.478 e. The molecule has 1 aromatic heterocycles. The Balaban J connectivity index is 2.46. The van der Waals surface area contributed by atoms with Gasteiger partial charge in [0.1, 0.15) is 5.69 Å². The average Bonchev–Trinajstić information content (AvgIpc) is 2.72. The van der Waals surface area contributed by atoms with E-state index in [1.54, 1.807) is 19.1 Å². The standard InChI is InChI=1S/C12H11N5O3S/c1-6-9(10(18)17(16-6)12(13)21)15-14-8-5-3-2-4-7(8)11(19)20/h2-5,16H,1H3,(H2,13,21)(H,19,20). The number of carbonyl (C=O) groups is 1. The summed E-state index contributed by atoms with van der Waals surface area (Å²) in [7, 11) is 0. The lowest BCUT2D eigenvalue weighted by Crippen LogP contribution is -2.29. The molecule has 1 aromatic carbocycles. The zero-order valence-electron chi connectivity index (χ0n) is 10.9. The Bertz CT molecular complexity index is 805. The van der Waals surface area contributed by atoms with Crippen LogP contribution in [0.2, 0.25) is 0 Å². The van der Waals surface area contributed by atoms with Crippen LogP contribution in [0.15, 0.2) is 39.3 Å². The minimum Gasteiger partial charge on any atom is -0.478 e. The first-order chi connectivity index (χ1) is 9.91. The number of hydrogen-bond acceptors (Lipinski definition) is 5. The molecular formula is C12H11N5O3S. The van der Waals surface area contributed by atoms with Gasteiger partial charge in [0.25, 0.3) is 0 Å². The van der Waals surface area contributed by atoms with Crippen molar-refractivity contribution in [1.29, 1.82) is 0 Å². The van der Waals surface area contributed by atoms with Gasteiger partial charge in [-0.05, 0) is 31.3 Å². The number of carboxylic acid groups (broad SMARTS) is 1. The summed E-state index contributed by atoms with van der Waals surface area (Å²) in [5.74, 6) is -1.13. The Morgan fingerprint density at radius 3 is 2.62 bits per heavy atom. The number of azo groups is 1. The zero-order chi connectivity index (χ0) is 15.6. The molecule has 0 amide bonds. The molecule has 0 saturated heterocycles. The van der Waals surface area contributed by atoms with Crippen molar-refractivity contribution in [3.8, 4) is 0 Å². The maximum absolute atomic E-state index is 12.0. The normalized spacial score (nSPS) is 10.9. The first kappa shape index (κ1) is 14.6. The number of nitrogens with zero attached hydrogens (tertiary/aromatic N) is 3. The number of aryl methyl sites for hydroxylation is 1. The highest BCUT2D eigenvalue weighted by Crippen LogP contribution is 2.21. The second-order valence-electron chi connectivity index (χ2n) is 4.09. The third-order valence-corrected chi connectivity index (χ3v) is 2.84. The number of carboxylic acids is 1. The molecule has 0 unspecified atom stereocenters. The summed E-state index contributed by atoms with van der Waals surface area (Å²) in [5.41, 5.74) is 5.41. The number of aromatic amines is 1. The van der Waals surface area contributed by atoms with E-state index in [0.717, 1.165) is 4.68 Å². The molecule has 0 aliphatic carbocycles. The molecule has 0 atom stereocenters. The van der Waals surface area contributed by atoms with Gasteiger partial charge in [-0.25, -0.2) is 4.79 Å². The van der Waals surface area contributed by atoms with Gasteiger partial charge in [0.05, 0.1) is 11.3 Å². The molecule has 0 radical (unpaired) electrons. The van der Waals surface area contributed by atoms with E-state index in [9.17, 15) is 9.59 Å². The number of thiocarbonyl (C=S) groups is 1. The van der Waals surface area contributed by atoms with Crippen LogP contribution < -0.4 is 11.3 Å². The van der Waals surface area contributed by atoms with E-state index >= 15 is 0 Å². The first-order valence-corrected chi connectivity index (χ1v) is 6.18. The third-order valence-electron chi connectivity index (χ3n) is 2.65. The molecule has 2 aromatic rings. The quantitative estimate of drug-likeness (QED) is 0.587. The smallest absolute Gasteiger partial charge is 0.337 e. The van der Waals surface area contributed by atoms with E-state index in [-0.39, 0.29) is 22.1 Å². The van der Waals surface area contributed by atoms with Crippen molar-refractivity contribution in [3.05, 3.63) is 45.9 Å². The number of aromatic carboxylic acids is 1. The molecule has 9 heteroatoms. The molecule has 108 valence electrons. The molecule has 0 bridgehead atoms. The zero-order valence-corrected chi connectivity index (χ0v) is 11.7. The van der Waals surface area contributed by atoms with Crippen LogP contribution in [0.4, 0.5) is 11.4 Å². The highest BCUT2D eigenvalue weighted by molar-refractivity contribution is 7.80. The molecule has 0 aliphatic heterocycles. The van der Waals surface area contributed by atoms with Crippen molar-refractivity contribution >= 4 is 34.7 Å². The number of rotatable bonds is 3. The van der Waals surface area contributed by atoms with Crippen LogP contribution in [-0.4, -0.2) is 26.0 Å². The van der Waals surface area contributed by atoms with Gasteiger partial charge in [-0.3, -0.25) is 9.89 Å². The van der Waals surface area contributed by atoms with Gasteiger partial charge in [0.2, 0.25) is 0 Å². The summed E-state index contributed by atoms with van der Waals surface area (Å²) in [6, 6.07) is 6.08. The molecule has 21 heavy (non-hydrogen) atoms. The summed E-state index contributed by atoms with van der Waals surface area (Å²) < 4.78 is 0.960. The van der Waals surface area contributed by atoms with E-state index < -0.39 is 11.5 Å². The lowest BCUT2D eigenvalue weighted by atomic mass is 10.2. The predicted molar refractivity (Wildman–Crippen MR) is 79.6 cm³/mol. The van der Waals surface area contributed by atoms with Crippen LogP contribution in [0.3, 0.4) is 0 Å². The Kier molecular flexibility index (Phi) is 3.94. The average molecular weight is 305 g/mol. The van der Waals surface area contributed by atoms with Crippen LogP contribution in [0, 0.1) is 6.92 Å². The fourth-order valence-electron chi connectivity index (χ4n) is 1.66. The summed E-state index contributed by atoms with van der Waals surface area (Å²) in [4.78, 5) is 23.0. The molecule has 0 aliphatic rings. The summed E-state index contributed by atoms with van der Waals surface area (Å²) in [6.45, 7) is 1.60.